The summed E-state index contributed by atoms with van der Waals surface area (Å²) in [6.45, 7) is 0. The lowest BCUT2D eigenvalue weighted by atomic mass is 10.3. The van der Waals surface area contributed by atoms with Crippen LogP contribution in [-0.2, 0) is 10.0 Å². The van der Waals surface area contributed by atoms with Crippen molar-refractivity contribution in [3.63, 3.8) is 0 Å². The summed E-state index contributed by atoms with van der Waals surface area (Å²) in [5.41, 5.74) is 2.21. The molecule has 1 aromatic heterocycles. The lowest BCUT2D eigenvalue weighted by Crippen LogP contribution is -2.12. The minimum absolute atomic E-state index is 0.0872. The molecular formula is C23H17ClN4O4S. The highest BCUT2D eigenvalue weighted by atomic mass is 35.5. The van der Waals surface area contributed by atoms with Crippen molar-refractivity contribution >= 4 is 49.7 Å². The van der Waals surface area contributed by atoms with E-state index in [-0.39, 0.29) is 16.4 Å². The number of rotatable bonds is 7. The molecule has 4 aromatic rings. The molecule has 0 fully saturated rings. The maximum Gasteiger partial charge on any atom is 0.261 e. The van der Waals surface area contributed by atoms with Crippen LogP contribution >= 0.6 is 11.6 Å². The molecule has 0 spiro atoms. The summed E-state index contributed by atoms with van der Waals surface area (Å²) < 4.78 is 38.4. The van der Waals surface area contributed by atoms with Gasteiger partial charge in [0.15, 0.2) is 5.58 Å². The van der Waals surface area contributed by atoms with E-state index in [0.29, 0.717) is 33.2 Å². The standard InChI is InChI=1S/C23H17ClN4O4S/c1-31-19-7-3-18(4-8-19)28-33(29,30)20-9-5-17(6-10-20)26-14-15(13-25)23-27-21-12-16(24)2-11-22(21)32-23/h2-12,14,26,28H,1H3/b15-14-. The summed E-state index contributed by atoms with van der Waals surface area (Å²) in [7, 11) is -2.23. The normalized spacial score (nSPS) is 11.7. The summed E-state index contributed by atoms with van der Waals surface area (Å²) in [4.78, 5) is 4.36. The van der Waals surface area contributed by atoms with Gasteiger partial charge < -0.3 is 14.5 Å². The Morgan fingerprint density at radius 1 is 1.09 bits per heavy atom. The molecule has 0 aliphatic rings. The van der Waals surface area contributed by atoms with Crippen molar-refractivity contribution in [3.8, 4) is 11.8 Å². The summed E-state index contributed by atoms with van der Waals surface area (Å²) in [6.07, 6.45) is 1.44. The predicted octanol–water partition coefficient (Wildman–Crippen LogP) is 5.27. The van der Waals surface area contributed by atoms with Crippen LogP contribution in [-0.4, -0.2) is 20.5 Å². The quantitative estimate of drug-likeness (QED) is 0.346. The number of nitrogens with one attached hydrogen (secondary N) is 2. The largest absolute Gasteiger partial charge is 0.497 e. The minimum Gasteiger partial charge on any atom is -0.497 e. The Kier molecular flexibility index (Phi) is 6.22. The van der Waals surface area contributed by atoms with E-state index >= 15 is 0 Å². The molecule has 2 N–H and O–H groups in total. The fourth-order valence-corrected chi connectivity index (χ4v) is 4.14. The number of benzene rings is 3. The van der Waals surface area contributed by atoms with Crippen molar-refractivity contribution in [2.24, 2.45) is 0 Å². The number of aromatic nitrogens is 1. The number of hydrogen-bond donors (Lipinski definition) is 2. The average Bonchev–Trinajstić information content (AvgIpc) is 3.23. The van der Waals surface area contributed by atoms with Gasteiger partial charge in [0.1, 0.15) is 22.9 Å². The number of nitriles is 1. The van der Waals surface area contributed by atoms with Crippen LogP contribution in [0.15, 0.2) is 82.2 Å². The fourth-order valence-electron chi connectivity index (χ4n) is 2.92. The number of oxazole rings is 1. The Morgan fingerprint density at radius 3 is 2.45 bits per heavy atom. The van der Waals surface area contributed by atoms with E-state index in [9.17, 15) is 13.7 Å². The number of halogens is 1. The third-order valence-corrected chi connectivity index (χ3v) is 6.22. The molecule has 4 rings (SSSR count). The molecule has 0 saturated heterocycles. The summed E-state index contributed by atoms with van der Waals surface area (Å²) in [5.74, 6) is 0.768. The molecule has 0 atom stereocenters. The molecule has 0 saturated carbocycles. The van der Waals surface area contributed by atoms with Gasteiger partial charge in [0.2, 0.25) is 5.89 Å². The second kappa shape index (κ2) is 9.24. The molecule has 166 valence electrons. The first-order valence-electron chi connectivity index (χ1n) is 9.58. The average molecular weight is 481 g/mol. The Balaban J connectivity index is 1.48. The third-order valence-electron chi connectivity index (χ3n) is 4.59. The maximum atomic E-state index is 12.6. The van der Waals surface area contributed by atoms with Crippen LogP contribution in [0.4, 0.5) is 11.4 Å². The molecule has 1 heterocycles. The van der Waals surface area contributed by atoms with Crippen LogP contribution in [0.3, 0.4) is 0 Å². The number of hydrogen-bond acceptors (Lipinski definition) is 7. The van der Waals surface area contributed by atoms with Crippen LogP contribution in [0.1, 0.15) is 5.89 Å². The Labute approximate surface area is 195 Å². The highest BCUT2D eigenvalue weighted by Gasteiger charge is 2.15. The van der Waals surface area contributed by atoms with E-state index in [4.69, 9.17) is 20.8 Å². The first-order valence-corrected chi connectivity index (χ1v) is 11.4. The van der Waals surface area contributed by atoms with Gasteiger partial charge in [-0.1, -0.05) is 11.6 Å². The molecule has 10 heteroatoms. The molecule has 0 unspecified atom stereocenters. The van der Waals surface area contributed by atoms with Crippen molar-refractivity contribution in [2.75, 3.05) is 17.1 Å². The monoisotopic (exact) mass is 480 g/mol. The zero-order chi connectivity index (χ0) is 23.4. The number of methoxy groups -OCH3 is 1. The number of anilines is 2. The van der Waals surface area contributed by atoms with Gasteiger partial charge >= 0.3 is 0 Å². The third kappa shape index (κ3) is 5.09. The van der Waals surface area contributed by atoms with Crippen LogP contribution in [0.5, 0.6) is 5.75 Å². The van der Waals surface area contributed by atoms with E-state index < -0.39 is 10.0 Å². The number of sulfonamides is 1. The zero-order valence-corrected chi connectivity index (χ0v) is 18.8. The molecule has 3 aromatic carbocycles. The Morgan fingerprint density at radius 2 is 1.79 bits per heavy atom. The fraction of sp³-hybridized carbons (Fsp3) is 0.0435. The highest BCUT2D eigenvalue weighted by Crippen LogP contribution is 2.24. The van der Waals surface area contributed by atoms with Crippen LogP contribution in [0.25, 0.3) is 16.7 Å². The number of ether oxygens (including phenoxy) is 1. The van der Waals surface area contributed by atoms with Gasteiger partial charge in [-0.2, -0.15) is 5.26 Å². The molecule has 0 aliphatic heterocycles. The second-order valence-corrected chi connectivity index (χ2v) is 8.92. The molecular weight excluding hydrogens is 464 g/mol. The van der Waals surface area contributed by atoms with Crippen molar-refractivity contribution < 1.29 is 17.6 Å². The maximum absolute atomic E-state index is 12.6. The van der Waals surface area contributed by atoms with Gasteiger partial charge in [0, 0.05) is 22.6 Å². The van der Waals surface area contributed by atoms with Gasteiger partial charge in [-0.25, -0.2) is 13.4 Å². The van der Waals surface area contributed by atoms with Crippen molar-refractivity contribution in [1.29, 1.82) is 5.26 Å². The van der Waals surface area contributed by atoms with Gasteiger partial charge in [0.25, 0.3) is 10.0 Å². The van der Waals surface area contributed by atoms with Gasteiger partial charge in [-0.05, 0) is 66.7 Å². The van der Waals surface area contributed by atoms with E-state index in [1.165, 1.54) is 25.4 Å². The lowest BCUT2D eigenvalue weighted by molar-refractivity contribution is 0.415. The Hall–Kier alpha value is -4.00. The molecule has 0 amide bonds. The number of allylic oxidation sites excluding steroid dienone is 1. The molecule has 0 bridgehead atoms. The highest BCUT2D eigenvalue weighted by molar-refractivity contribution is 7.92. The predicted molar refractivity (Wildman–Crippen MR) is 126 cm³/mol. The Bertz CT molecular complexity index is 1470. The first kappa shape index (κ1) is 22.2. The number of fused-ring (bicyclic) bond motifs is 1. The lowest BCUT2D eigenvalue weighted by Gasteiger charge is -2.09. The summed E-state index contributed by atoms with van der Waals surface area (Å²) >= 11 is 5.96. The van der Waals surface area contributed by atoms with Gasteiger partial charge in [-0.3, -0.25) is 4.72 Å². The SMILES string of the molecule is COc1ccc(NS(=O)(=O)c2ccc(N/C=C(/C#N)c3nc4cc(Cl)ccc4o3)cc2)cc1. The molecule has 33 heavy (non-hydrogen) atoms. The summed E-state index contributed by atoms with van der Waals surface area (Å²) in [6, 6.07) is 19.6. The van der Waals surface area contributed by atoms with E-state index in [1.54, 1.807) is 54.6 Å². The van der Waals surface area contributed by atoms with Crippen molar-refractivity contribution in [3.05, 3.63) is 83.8 Å². The van der Waals surface area contributed by atoms with E-state index in [2.05, 4.69) is 15.0 Å². The topological polar surface area (TPSA) is 117 Å². The molecule has 0 aliphatic carbocycles. The smallest absolute Gasteiger partial charge is 0.261 e. The first-order chi connectivity index (χ1) is 15.9. The van der Waals surface area contributed by atoms with Gasteiger partial charge in [0.05, 0.1) is 12.0 Å². The minimum atomic E-state index is -3.77. The van der Waals surface area contributed by atoms with Gasteiger partial charge in [-0.15, -0.1) is 0 Å². The van der Waals surface area contributed by atoms with E-state index in [0.717, 1.165) is 0 Å². The number of nitrogens with zero attached hydrogens (tertiary/aromatic N) is 2. The van der Waals surface area contributed by atoms with E-state index in [1.807, 2.05) is 6.07 Å². The molecule has 8 nitrogen and oxygen atoms in total. The summed E-state index contributed by atoms with van der Waals surface area (Å²) in [5, 5.41) is 12.9. The van der Waals surface area contributed by atoms with Crippen LogP contribution < -0.4 is 14.8 Å². The van der Waals surface area contributed by atoms with Crippen LogP contribution in [0.2, 0.25) is 5.02 Å². The van der Waals surface area contributed by atoms with Crippen molar-refractivity contribution in [2.45, 2.75) is 4.90 Å². The van der Waals surface area contributed by atoms with Crippen molar-refractivity contribution in [1.82, 2.24) is 4.98 Å². The zero-order valence-electron chi connectivity index (χ0n) is 17.2. The van der Waals surface area contributed by atoms with Crippen LogP contribution in [0, 0.1) is 11.3 Å². The molecule has 0 radical (unpaired) electrons. The second-order valence-electron chi connectivity index (χ2n) is 6.80.